The first-order valence-corrected chi connectivity index (χ1v) is 7.78. The summed E-state index contributed by atoms with van der Waals surface area (Å²) in [6.07, 6.45) is 1.69. The fourth-order valence-electron chi connectivity index (χ4n) is 2.70. The van der Waals surface area contributed by atoms with E-state index in [9.17, 15) is 23.1 Å². The second kappa shape index (κ2) is 7.00. The van der Waals surface area contributed by atoms with Gasteiger partial charge in [-0.2, -0.15) is 0 Å². The Bertz CT molecular complexity index is 985. The van der Waals surface area contributed by atoms with Gasteiger partial charge in [-0.25, -0.2) is 18.0 Å². The van der Waals surface area contributed by atoms with Crippen LogP contribution in [0.25, 0.3) is 11.3 Å². The zero-order valence-corrected chi connectivity index (χ0v) is 13.8. The van der Waals surface area contributed by atoms with Crippen molar-refractivity contribution >= 4 is 5.97 Å². The molecule has 1 N–H and O–H groups in total. The molecular weight excluding hydrogens is 343 g/mol. The van der Waals surface area contributed by atoms with Gasteiger partial charge in [-0.3, -0.25) is 4.98 Å². The Morgan fingerprint density at radius 1 is 1.04 bits per heavy atom. The zero-order chi connectivity index (χ0) is 18.8. The van der Waals surface area contributed by atoms with E-state index in [0.29, 0.717) is 23.6 Å². The summed E-state index contributed by atoms with van der Waals surface area (Å²) >= 11 is 0. The maximum Gasteiger partial charge on any atom is 0.335 e. The third-order valence-electron chi connectivity index (χ3n) is 4.02. The number of aromatic carboxylic acids is 1. The molecule has 132 valence electrons. The third kappa shape index (κ3) is 3.44. The molecule has 0 bridgehead atoms. The van der Waals surface area contributed by atoms with Crippen molar-refractivity contribution in [1.29, 1.82) is 0 Å². The van der Waals surface area contributed by atoms with Gasteiger partial charge in [0.25, 0.3) is 0 Å². The molecule has 0 radical (unpaired) electrons. The molecule has 0 atom stereocenters. The Hall–Kier alpha value is -3.15. The SMILES string of the molecule is Cc1ccc(Cc2ccc(-c3c(F)ccc(F)c3F)nc2)c(C(=O)O)c1. The van der Waals surface area contributed by atoms with E-state index in [1.54, 1.807) is 31.2 Å². The first-order valence-electron chi connectivity index (χ1n) is 7.78. The van der Waals surface area contributed by atoms with Crippen molar-refractivity contribution in [3.63, 3.8) is 0 Å². The highest BCUT2D eigenvalue weighted by atomic mass is 19.2. The standard InChI is InChI=1S/C20H14F3NO2/c1-11-2-4-13(14(8-11)20(25)26)9-12-3-7-17(24-10-12)18-15(21)5-6-16(22)19(18)23/h2-8,10H,9H2,1H3,(H,25,26). The van der Waals surface area contributed by atoms with Crippen LogP contribution in [0.4, 0.5) is 13.2 Å². The lowest BCUT2D eigenvalue weighted by Crippen LogP contribution is -2.04. The van der Waals surface area contributed by atoms with Crippen molar-refractivity contribution in [2.75, 3.05) is 0 Å². The second-order valence-corrected chi connectivity index (χ2v) is 5.91. The summed E-state index contributed by atoms with van der Waals surface area (Å²) in [7, 11) is 0. The Kier molecular flexibility index (Phi) is 4.75. The minimum Gasteiger partial charge on any atom is -0.478 e. The number of benzene rings is 2. The maximum atomic E-state index is 13.9. The monoisotopic (exact) mass is 357 g/mol. The van der Waals surface area contributed by atoms with Crippen molar-refractivity contribution in [3.8, 4) is 11.3 Å². The summed E-state index contributed by atoms with van der Waals surface area (Å²) in [5, 5.41) is 9.31. The topological polar surface area (TPSA) is 50.2 Å². The maximum absolute atomic E-state index is 13.9. The van der Waals surface area contributed by atoms with E-state index in [1.807, 2.05) is 0 Å². The highest BCUT2D eigenvalue weighted by Crippen LogP contribution is 2.26. The van der Waals surface area contributed by atoms with Gasteiger partial charge >= 0.3 is 5.97 Å². The second-order valence-electron chi connectivity index (χ2n) is 5.91. The molecular formula is C20H14F3NO2. The number of halogens is 3. The molecule has 3 aromatic rings. The fourth-order valence-corrected chi connectivity index (χ4v) is 2.70. The lowest BCUT2D eigenvalue weighted by Gasteiger charge is -2.09. The lowest BCUT2D eigenvalue weighted by molar-refractivity contribution is 0.0695. The van der Waals surface area contributed by atoms with Gasteiger partial charge in [-0.05, 0) is 48.7 Å². The molecule has 0 saturated carbocycles. The molecule has 0 aliphatic carbocycles. The van der Waals surface area contributed by atoms with E-state index < -0.39 is 29.0 Å². The average Bonchev–Trinajstić information content (AvgIpc) is 2.61. The Morgan fingerprint density at radius 2 is 1.77 bits per heavy atom. The van der Waals surface area contributed by atoms with Gasteiger partial charge in [0.1, 0.15) is 5.82 Å². The van der Waals surface area contributed by atoms with E-state index >= 15 is 0 Å². The fraction of sp³-hybridized carbons (Fsp3) is 0.100. The van der Waals surface area contributed by atoms with Crippen molar-refractivity contribution in [1.82, 2.24) is 4.98 Å². The average molecular weight is 357 g/mol. The molecule has 2 aromatic carbocycles. The van der Waals surface area contributed by atoms with Crippen LogP contribution < -0.4 is 0 Å². The first-order chi connectivity index (χ1) is 12.4. The Balaban J connectivity index is 1.93. The van der Waals surface area contributed by atoms with Crippen LogP contribution in [0.15, 0.2) is 48.7 Å². The van der Waals surface area contributed by atoms with Crippen LogP contribution in [0, 0.1) is 24.4 Å². The summed E-state index contributed by atoms with van der Waals surface area (Å²) in [6.45, 7) is 1.80. The number of carboxylic acid groups (broad SMARTS) is 1. The number of aryl methyl sites for hydroxylation is 1. The summed E-state index contributed by atoms with van der Waals surface area (Å²) in [4.78, 5) is 15.4. The van der Waals surface area contributed by atoms with E-state index in [2.05, 4.69) is 4.98 Å². The van der Waals surface area contributed by atoms with Gasteiger partial charge in [0, 0.05) is 6.20 Å². The van der Waals surface area contributed by atoms with Gasteiger partial charge < -0.3 is 5.11 Å². The van der Waals surface area contributed by atoms with E-state index in [0.717, 1.165) is 11.6 Å². The summed E-state index contributed by atoms with van der Waals surface area (Å²) in [5.74, 6) is -4.39. The van der Waals surface area contributed by atoms with Crippen molar-refractivity contribution in [3.05, 3.63) is 88.4 Å². The van der Waals surface area contributed by atoms with Gasteiger partial charge in [-0.15, -0.1) is 0 Å². The van der Waals surface area contributed by atoms with Gasteiger partial charge in [0.15, 0.2) is 11.6 Å². The van der Waals surface area contributed by atoms with Crippen LogP contribution in [-0.4, -0.2) is 16.1 Å². The number of hydrogen-bond acceptors (Lipinski definition) is 2. The molecule has 1 aromatic heterocycles. The number of hydrogen-bond donors (Lipinski definition) is 1. The zero-order valence-electron chi connectivity index (χ0n) is 13.8. The molecule has 0 unspecified atom stereocenters. The van der Waals surface area contributed by atoms with Crippen LogP contribution in [0.3, 0.4) is 0 Å². The molecule has 0 aliphatic rings. The molecule has 3 nitrogen and oxygen atoms in total. The highest BCUT2D eigenvalue weighted by molar-refractivity contribution is 5.89. The minimum absolute atomic E-state index is 0.0365. The normalized spacial score (nSPS) is 10.8. The van der Waals surface area contributed by atoms with Crippen LogP contribution in [0.2, 0.25) is 0 Å². The number of carboxylic acids is 1. The van der Waals surface area contributed by atoms with Crippen LogP contribution in [0.5, 0.6) is 0 Å². The van der Waals surface area contributed by atoms with E-state index in [4.69, 9.17) is 0 Å². The minimum atomic E-state index is -1.29. The largest absolute Gasteiger partial charge is 0.478 e. The van der Waals surface area contributed by atoms with Crippen LogP contribution in [-0.2, 0) is 6.42 Å². The summed E-state index contributed by atoms with van der Waals surface area (Å²) < 4.78 is 41.0. The molecule has 0 aliphatic heterocycles. The number of pyridine rings is 1. The van der Waals surface area contributed by atoms with E-state index in [1.165, 1.54) is 12.3 Å². The predicted octanol–water partition coefficient (Wildman–Crippen LogP) is 4.76. The lowest BCUT2D eigenvalue weighted by atomic mass is 9.98. The number of nitrogens with zero attached hydrogens (tertiary/aromatic N) is 1. The Labute approximate surface area is 147 Å². The number of carbonyl (C=O) groups is 1. The predicted molar refractivity (Wildman–Crippen MR) is 90.5 cm³/mol. The highest BCUT2D eigenvalue weighted by Gasteiger charge is 2.17. The van der Waals surface area contributed by atoms with Gasteiger partial charge in [0.2, 0.25) is 0 Å². The molecule has 0 amide bonds. The van der Waals surface area contributed by atoms with Crippen molar-refractivity contribution in [2.45, 2.75) is 13.3 Å². The summed E-state index contributed by atoms with van der Waals surface area (Å²) in [6, 6.07) is 9.63. The number of rotatable bonds is 4. The van der Waals surface area contributed by atoms with Crippen LogP contribution in [0.1, 0.15) is 27.0 Å². The summed E-state index contributed by atoms with van der Waals surface area (Å²) in [5.41, 5.74) is 1.72. The van der Waals surface area contributed by atoms with Gasteiger partial charge in [0.05, 0.1) is 16.8 Å². The van der Waals surface area contributed by atoms with Crippen LogP contribution >= 0.6 is 0 Å². The van der Waals surface area contributed by atoms with Crippen molar-refractivity contribution in [2.24, 2.45) is 0 Å². The molecule has 0 saturated heterocycles. The molecule has 1 heterocycles. The molecule has 26 heavy (non-hydrogen) atoms. The first kappa shape index (κ1) is 17.7. The van der Waals surface area contributed by atoms with Gasteiger partial charge in [-0.1, -0.05) is 23.8 Å². The van der Waals surface area contributed by atoms with E-state index in [-0.39, 0.29) is 11.3 Å². The quantitative estimate of drug-likeness (QED) is 0.685. The molecule has 6 heteroatoms. The molecule has 0 fully saturated rings. The molecule has 3 rings (SSSR count). The van der Waals surface area contributed by atoms with Crippen molar-refractivity contribution < 1.29 is 23.1 Å². The number of aromatic nitrogens is 1. The molecule has 0 spiro atoms. The third-order valence-corrected chi connectivity index (χ3v) is 4.02. The smallest absolute Gasteiger partial charge is 0.335 e. The Morgan fingerprint density at radius 3 is 2.42 bits per heavy atom.